The Bertz CT molecular complexity index is 477. The molecule has 0 radical (unpaired) electrons. The predicted octanol–water partition coefficient (Wildman–Crippen LogP) is 2.62. The van der Waals surface area contributed by atoms with Crippen LogP contribution in [0.25, 0.3) is 0 Å². The quantitative estimate of drug-likeness (QED) is 0.794. The number of hydrazine groups is 1. The maximum absolute atomic E-state index is 12.4. The summed E-state index contributed by atoms with van der Waals surface area (Å²) in [6, 6.07) is -1.16. The summed E-state index contributed by atoms with van der Waals surface area (Å²) >= 11 is 0. The Hall–Kier alpha value is -1.99. The van der Waals surface area contributed by atoms with Crippen LogP contribution in [0.2, 0.25) is 0 Å². The van der Waals surface area contributed by atoms with Gasteiger partial charge >= 0.3 is 18.2 Å². The molecule has 1 heterocycles. The predicted molar refractivity (Wildman–Crippen MR) is 81.7 cm³/mol. The molecule has 0 aromatic carbocycles. The van der Waals surface area contributed by atoms with Crippen LogP contribution in [0.1, 0.15) is 54.4 Å². The molecule has 0 aromatic rings. The molecule has 23 heavy (non-hydrogen) atoms. The van der Waals surface area contributed by atoms with E-state index in [1.54, 1.807) is 41.5 Å². The first-order valence-electron chi connectivity index (χ1n) is 7.57. The van der Waals surface area contributed by atoms with Gasteiger partial charge in [-0.1, -0.05) is 0 Å². The number of carboxylic acid groups (broad SMARTS) is 1. The first-order valence-corrected chi connectivity index (χ1v) is 7.57. The van der Waals surface area contributed by atoms with Crippen molar-refractivity contribution < 1.29 is 29.0 Å². The van der Waals surface area contributed by atoms with Crippen molar-refractivity contribution >= 4 is 18.2 Å². The van der Waals surface area contributed by atoms with Crippen molar-refractivity contribution in [2.75, 3.05) is 6.54 Å². The number of hydrogen-bond donors (Lipinski definition) is 1. The first kappa shape index (κ1) is 19.1. The van der Waals surface area contributed by atoms with Gasteiger partial charge in [0.05, 0.1) is 0 Å². The van der Waals surface area contributed by atoms with E-state index in [1.165, 1.54) is 0 Å². The zero-order chi connectivity index (χ0) is 18.0. The summed E-state index contributed by atoms with van der Waals surface area (Å²) in [7, 11) is 0. The maximum Gasteiger partial charge on any atom is 0.430 e. The second-order valence-electron chi connectivity index (χ2n) is 7.42. The highest BCUT2D eigenvalue weighted by atomic mass is 16.6. The number of hydrogen-bond acceptors (Lipinski definition) is 5. The normalized spacial score (nSPS) is 19.3. The van der Waals surface area contributed by atoms with E-state index in [0.29, 0.717) is 6.42 Å². The van der Waals surface area contributed by atoms with Crippen molar-refractivity contribution in [3.63, 3.8) is 0 Å². The van der Waals surface area contributed by atoms with Gasteiger partial charge < -0.3 is 14.6 Å². The van der Waals surface area contributed by atoms with Gasteiger partial charge in [-0.05, 0) is 54.4 Å². The molecule has 0 bridgehead atoms. The van der Waals surface area contributed by atoms with E-state index in [2.05, 4.69) is 0 Å². The Labute approximate surface area is 136 Å². The average molecular weight is 330 g/mol. The lowest BCUT2D eigenvalue weighted by Crippen LogP contribution is -2.61. The highest BCUT2D eigenvalue weighted by Crippen LogP contribution is 2.24. The third-order valence-electron chi connectivity index (χ3n) is 2.87. The summed E-state index contributed by atoms with van der Waals surface area (Å²) in [6.45, 7) is 10.3. The summed E-state index contributed by atoms with van der Waals surface area (Å²) in [5.74, 6) is -1.19. The van der Waals surface area contributed by atoms with Crippen LogP contribution in [0.5, 0.6) is 0 Å². The molecular formula is C15H26N2O6. The minimum atomic E-state index is -1.19. The van der Waals surface area contributed by atoms with Crippen LogP contribution >= 0.6 is 0 Å². The van der Waals surface area contributed by atoms with Crippen LogP contribution in [0, 0.1) is 0 Å². The molecule has 8 nitrogen and oxygen atoms in total. The molecule has 1 aliphatic heterocycles. The van der Waals surface area contributed by atoms with E-state index in [4.69, 9.17) is 9.47 Å². The van der Waals surface area contributed by atoms with E-state index in [-0.39, 0.29) is 13.0 Å². The molecule has 0 spiro atoms. The van der Waals surface area contributed by atoms with Gasteiger partial charge in [0.15, 0.2) is 6.04 Å². The van der Waals surface area contributed by atoms with E-state index >= 15 is 0 Å². The van der Waals surface area contributed by atoms with Gasteiger partial charge in [-0.3, -0.25) is 0 Å². The highest BCUT2D eigenvalue weighted by Gasteiger charge is 2.43. The van der Waals surface area contributed by atoms with Crippen LogP contribution in [-0.2, 0) is 14.3 Å². The molecule has 1 N–H and O–H groups in total. The Kier molecular flexibility index (Phi) is 5.50. The molecule has 1 aliphatic rings. The lowest BCUT2D eigenvalue weighted by molar-refractivity contribution is -0.155. The molecule has 8 heteroatoms. The van der Waals surface area contributed by atoms with Crippen LogP contribution in [0.3, 0.4) is 0 Å². The van der Waals surface area contributed by atoms with E-state index < -0.39 is 35.4 Å². The van der Waals surface area contributed by atoms with Crippen LogP contribution in [0.4, 0.5) is 9.59 Å². The largest absolute Gasteiger partial charge is 0.480 e. The molecule has 1 atom stereocenters. The summed E-state index contributed by atoms with van der Waals surface area (Å²) in [4.78, 5) is 36.2. The van der Waals surface area contributed by atoms with Gasteiger partial charge in [0.2, 0.25) is 0 Å². The maximum atomic E-state index is 12.4. The van der Waals surface area contributed by atoms with E-state index in [1.807, 2.05) is 0 Å². The molecular weight excluding hydrogens is 304 g/mol. The zero-order valence-corrected chi connectivity index (χ0v) is 14.6. The number of aliphatic carboxylic acids is 1. The standard InChI is InChI=1S/C15H26N2O6/c1-14(2,3)22-12(20)16-9-7-8-10(11(18)19)17(16)13(21)23-15(4,5)6/h10H,7-9H2,1-6H3,(H,18,19). The second kappa shape index (κ2) is 6.64. The summed E-state index contributed by atoms with van der Waals surface area (Å²) in [5, 5.41) is 11.2. The summed E-state index contributed by atoms with van der Waals surface area (Å²) in [5.41, 5.74) is -1.57. The fraction of sp³-hybridized carbons (Fsp3) is 0.800. The van der Waals surface area contributed by atoms with E-state index in [9.17, 15) is 19.5 Å². The number of carbonyl (C=O) groups excluding carboxylic acids is 2. The zero-order valence-electron chi connectivity index (χ0n) is 14.6. The Balaban J connectivity index is 3.07. The smallest absolute Gasteiger partial charge is 0.430 e. The molecule has 2 amide bonds. The fourth-order valence-electron chi connectivity index (χ4n) is 2.09. The third-order valence-corrected chi connectivity index (χ3v) is 2.87. The molecule has 0 aromatic heterocycles. The molecule has 1 rings (SSSR count). The summed E-state index contributed by atoms with van der Waals surface area (Å²) in [6.07, 6.45) is -0.951. The van der Waals surface area contributed by atoms with Crippen molar-refractivity contribution in [1.29, 1.82) is 0 Å². The monoisotopic (exact) mass is 330 g/mol. The van der Waals surface area contributed by atoms with Crippen LogP contribution in [-0.4, -0.2) is 57.1 Å². The SMILES string of the molecule is CC(C)(C)OC(=O)N1CCCC(C(=O)O)N1C(=O)OC(C)(C)C. The third kappa shape index (κ3) is 5.61. The Morgan fingerprint density at radius 3 is 1.87 bits per heavy atom. The van der Waals surface area contributed by atoms with Gasteiger partial charge in [-0.15, -0.1) is 0 Å². The number of nitrogens with zero attached hydrogens (tertiary/aromatic N) is 2. The summed E-state index contributed by atoms with van der Waals surface area (Å²) < 4.78 is 10.5. The van der Waals surface area contributed by atoms with Gasteiger partial charge in [-0.2, -0.15) is 5.01 Å². The van der Waals surface area contributed by atoms with Crippen molar-refractivity contribution in [3.05, 3.63) is 0 Å². The Morgan fingerprint density at radius 2 is 1.43 bits per heavy atom. The van der Waals surface area contributed by atoms with Gasteiger partial charge in [0, 0.05) is 6.54 Å². The lowest BCUT2D eigenvalue weighted by Gasteiger charge is -2.42. The lowest BCUT2D eigenvalue weighted by atomic mass is 10.1. The topological polar surface area (TPSA) is 96.4 Å². The second-order valence-corrected chi connectivity index (χ2v) is 7.42. The number of rotatable bonds is 1. The fourth-order valence-corrected chi connectivity index (χ4v) is 2.09. The average Bonchev–Trinajstić information content (AvgIpc) is 2.33. The van der Waals surface area contributed by atoms with Gasteiger partial charge in [0.1, 0.15) is 11.2 Å². The number of carbonyl (C=O) groups is 3. The number of carboxylic acids is 1. The molecule has 1 saturated heterocycles. The van der Waals surface area contributed by atoms with Crippen LogP contribution < -0.4 is 0 Å². The Morgan fingerprint density at radius 1 is 0.957 bits per heavy atom. The van der Waals surface area contributed by atoms with Gasteiger partial charge in [-0.25, -0.2) is 19.4 Å². The number of amides is 2. The van der Waals surface area contributed by atoms with Crippen molar-refractivity contribution in [2.45, 2.75) is 71.6 Å². The van der Waals surface area contributed by atoms with Crippen molar-refractivity contribution in [3.8, 4) is 0 Å². The number of ether oxygens (including phenoxy) is 2. The first-order chi connectivity index (χ1) is 10.3. The van der Waals surface area contributed by atoms with E-state index in [0.717, 1.165) is 10.0 Å². The minimum absolute atomic E-state index is 0.192. The molecule has 0 aliphatic carbocycles. The molecule has 0 saturated carbocycles. The molecule has 132 valence electrons. The highest BCUT2D eigenvalue weighted by molar-refractivity contribution is 5.82. The van der Waals surface area contributed by atoms with Crippen molar-refractivity contribution in [2.24, 2.45) is 0 Å². The van der Waals surface area contributed by atoms with Gasteiger partial charge in [0.25, 0.3) is 0 Å². The molecule has 1 fully saturated rings. The van der Waals surface area contributed by atoms with Crippen molar-refractivity contribution in [1.82, 2.24) is 10.0 Å². The minimum Gasteiger partial charge on any atom is -0.480 e. The molecule has 1 unspecified atom stereocenters. The van der Waals surface area contributed by atoms with Crippen LogP contribution in [0.15, 0.2) is 0 Å².